The van der Waals surface area contributed by atoms with E-state index >= 15 is 0 Å². The van der Waals surface area contributed by atoms with Crippen LogP contribution >= 0.6 is 23.1 Å². The zero-order chi connectivity index (χ0) is 14.4. The zero-order valence-electron chi connectivity index (χ0n) is 11.3. The molecule has 0 bridgehead atoms. The van der Waals surface area contributed by atoms with E-state index in [1.807, 2.05) is 5.38 Å². The fourth-order valence-corrected chi connectivity index (χ4v) is 3.74. The van der Waals surface area contributed by atoms with Crippen LogP contribution in [0.2, 0.25) is 0 Å². The molecule has 1 aromatic heterocycles. The summed E-state index contributed by atoms with van der Waals surface area (Å²) in [4.78, 5) is 27.1. The van der Waals surface area contributed by atoms with E-state index in [1.54, 1.807) is 0 Å². The van der Waals surface area contributed by atoms with Crippen LogP contribution in [0, 0.1) is 5.92 Å². The molecule has 110 valence electrons. The number of nitrogens with two attached hydrogens (primary N) is 1. The molecule has 0 saturated heterocycles. The van der Waals surface area contributed by atoms with Crippen molar-refractivity contribution in [3.8, 4) is 0 Å². The Kier molecular flexibility index (Phi) is 5.85. The maximum Gasteiger partial charge on any atom is 0.229 e. The highest BCUT2D eigenvalue weighted by atomic mass is 32.2. The van der Waals surface area contributed by atoms with Crippen molar-refractivity contribution >= 4 is 40.0 Å². The van der Waals surface area contributed by atoms with Gasteiger partial charge in [-0.1, -0.05) is 19.3 Å². The Bertz CT molecular complexity index is 470. The fourth-order valence-electron chi connectivity index (χ4n) is 2.26. The van der Waals surface area contributed by atoms with Gasteiger partial charge < -0.3 is 11.1 Å². The van der Waals surface area contributed by atoms with Gasteiger partial charge >= 0.3 is 0 Å². The molecule has 20 heavy (non-hydrogen) atoms. The average molecular weight is 313 g/mol. The number of thiazole rings is 1. The van der Waals surface area contributed by atoms with Crippen LogP contribution in [0.4, 0.5) is 5.13 Å². The molecule has 3 N–H and O–H groups in total. The number of aromatic nitrogens is 1. The first kappa shape index (κ1) is 15.3. The van der Waals surface area contributed by atoms with Gasteiger partial charge in [-0.15, -0.1) is 23.1 Å². The van der Waals surface area contributed by atoms with Crippen molar-refractivity contribution < 1.29 is 9.59 Å². The molecule has 0 atom stereocenters. The number of carbonyl (C=O) groups is 2. The Hall–Kier alpha value is -1.08. The van der Waals surface area contributed by atoms with Gasteiger partial charge in [0.25, 0.3) is 0 Å². The molecule has 1 aromatic rings. The predicted molar refractivity (Wildman–Crippen MR) is 82.7 cm³/mol. The third-order valence-corrected chi connectivity index (χ3v) is 5.05. The molecule has 7 heteroatoms. The molecule has 1 aliphatic carbocycles. The van der Waals surface area contributed by atoms with Crippen LogP contribution in [0.5, 0.6) is 0 Å². The summed E-state index contributed by atoms with van der Waals surface area (Å²) in [6.45, 7) is 0. The lowest BCUT2D eigenvalue weighted by molar-refractivity contribution is -0.120. The summed E-state index contributed by atoms with van der Waals surface area (Å²) in [6.07, 6.45) is 5.50. The summed E-state index contributed by atoms with van der Waals surface area (Å²) >= 11 is 2.86. The molecule has 2 rings (SSSR count). The van der Waals surface area contributed by atoms with Gasteiger partial charge in [0.1, 0.15) is 0 Å². The second-order valence-corrected chi connectivity index (χ2v) is 6.77. The minimum atomic E-state index is -0.323. The van der Waals surface area contributed by atoms with Crippen molar-refractivity contribution in [1.29, 1.82) is 0 Å². The first-order valence-corrected chi connectivity index (χ1v) is 8.80. The molecule has 0 aliphatic heterocycles. The quantitative estimate of drug-likeness (QED) is 0.844. The number of hydrogen-bond donors (Lipinski definition) is 2. The monoisotopic (exact) mass is 313 g/mol. The van der Waals surface area contributed by atoms with Gasteiger partial charge in [-0.25, -0.2) is 4.98 Å². The number of hydrogen-bond acceptors (Lipinski definition) is 5. The smallest absolute Gasteiger partial charge is 0.229 e. The molecule has 1 fully saturated rings. The third-order valence-electron chi connectivity index (χ3n) is 3.25. The number of amides is 2. The lowest BCUT2D eigenvalue weighted by Gasteiger charge is -2.19. The van der Waals surface area contributed by atoms with Crippen LogP contribution in [-0.2, 0) is 15.3 Å². The van der Waals surface area contributed by atoms with Gasteiger partial charge in [0.15, 0.2) is 5.13 Å². The maximum atomic E-state index is 12.1. The summed E-state index contributed by atoms with van der Waals surface area (Å²) in [5.41, 5.74) is 5.95. The van der Waals surface area contributed by atoms with E-state index in [0.29, 0.717) is 16.6 Å². The van der Waals surface area contributed by atoms with Gasteiger partial charge in [0, 0.05) is 17.1 Å². The van der Waals surface area contributed by atoms with Crippen LogP contribution in [0.25, 0.3) is 0 Å². The van der Waals surface area contributed by atoms with Gasteiger partial charge in [-0.05, 0) is 12.8 Å². The second kappa shape index (κ2) is 7.64. The van der Waals surface area contributed by atoms with E-state index in [1.165, 1.54) is 29.5 Å². The second-order valence-electron chi connectivity index (χ2n) is 4.93. The highest BCUT2D eigenvalue weighted by Crippen LogP contribution is 2.26. The van der Waals surface area contributed by atoms with E-state index < -0.39 is 0 Å². The molecule has 1 saturated carbocycles. The highest BCUT2D eigenvalue weighted by Gasteiger charge is 2.21. The van der Waals surface area contributed by atoms with Crippen molar-refractivity contribution in [1.82, 2.24) is 4.98 Å². The molecule has 0 unspecified atom stereocenters. The van der Waals surface area contributed by atoms with Crippen molar-refractivity contribution in [2.45, 2.75) is 37.9 Å². The number of nitrogens with one attached hydrogen (secondary N) is 1. The maximum absolute atomic E-state index is 12.1. The van der Waals surface area contributed by atoms with E-state index in [4.69, 9.17) is 5.73 Å². The molecular formula is C13H19N3O2S2. The molecular weight excluding hydrogens is 294 g/mol. The van der Waals surface area contributed by atoms with Crippen molar-refractivity contribution in [2.75, 3.05) is 11.1 Å². The van der Waals surface area contributed by atoms with Crippen molar-refractivity contribution in [3.05, 3.63) is 11.1 Å². The van der Waals surface area contributed by atoms with Gasteiger partial charge in [0.05, 0.1) is 11.4 Å². The van der Waals surface area contributed by atoms with Crippen LogP contribution < -0.4 is 11.1 Å². The minimum absolute atomic E-state index is 0.0930. The predicted octanol–water partition coefficient (Wildman–Crippen LogP) is 2.38. The van der Waals surface area contributed by atoms with E-state index in [0.717, 1.165) is 31.4 Å². The first-order chi connectivity index (χ1) is 9.65. The Morgan fingerprint density at radius 1 is 1.40 bits per heavy atom. The van der Waals surface area contributed by atoms with Crippen LogP contribution in [0.3, 0.4) is 0 Å². The van der Waals surface area contributed by atoms with Crippen LogP contribution in [0.1, 0.15) is 37.8 Å². The van der Waals surface area contributed by atoms with Crippen molar-refractivity contribution in [2.24, 2.45) is 11.7 Å². The van der Waals surface area contributed by atoms with Crippen LogP contribution in [0.15, 0.2) is 5.38 Å². The number of nitrogens with zero attached hydrogens (tertiary/aromatic N) is 1. The number of anilines is 1. The van der Waals surface area contributed by atoms with E-state index in [2.05, 4.69) is 10.3 Å². The Morgan fingerprint density at radius 3 is 2.85 bits per heavy atom. The molecule has 1 aliphatic rings. The van der Waals surface area contributed by atoms with Crippen LogP contribution in [-0.4, -0.2) is 22.6 Å². The average Bonchev–Trinajstić information content (AvgIpc) is 2.87. The number of primary amides is 1. The molecule has 2 amide bonds. The van der Waals surface area contributed by atoms with Gasteiger partial charge in [-0.3, -0.25) is 9.59 Å². The minimum Gasteiger partial charge on any atom is -0.369 e. The standard InChI is InChI=1S/C13H19N3O2S2/c14-11(17)8-19-6-10-7-20-13(15-10)16-12(18)9-4-2-1-3-5-9/h7,9H,1-6,8H2,(H2,14,17)(H,15,16,18). The van der Waals surface area contributed by atoms with Gasteiger partial charge in [-0.2, -0.15) is 0 Å². The van der Waals surface area contributed by atoms with Gasteiger partial charge in [0.2, 0.25) is 11.8 Å². The summed E-state index contributed by atoms with van der Waals surface area (Å²) in [5.74, 6) is 0.840. The fraction of sp³-hybridized carbons (Fsp3) is 0.615. The number of carbonyl (C=O) groups excluding carboxylic acids is 2. The third kappa shape index (κ3) is 4.79. The highest BCUT2D eigenvalue weighted by molar-refractivity contribution is 7.99. The largest absolute Gasteiger partial charge is 0.369 e. The molecule has 0 spiro atoms. The van der Waals surface area contributed by atoms with E-state index in [9.17, 15) is 9.59 Å². The Balaban J connectivity index is 1.79. The van der Waals surface area contributed by atoms with E-state index in [-0.39, 0.29) is 17.7 Å². The summed E-state index contributed by atoms with van der Waals surface area (Å²) in [6, 6.07) is 0. The Morgan fingerprint density at radius 2 is 2.15 bits per heavy atom. The van der Waals surface area contributed by atoms with Crippen molar-refractivity contribution in [3.63, 3.8) is 0 Å². The summed E-state index contributed by atoms with van der Waals surface area (Å²) < 4.78 is 0. The number of rotatable bonds is 6. The summed E-state index contributed by atoms with van der Waals surface area (Å²) in [7, 11) is 0. The molecule has 0 aromatic carbocycles. The Labute approximate surface area is 126 Å². The SMILES string of the molecule is NC(=O)CSCc1csc(NC(=O)C2CCCCC2)n1. The zero-order valence-corrected chi connectivity index (χ0v) is 12.9. The number of thioether (sulfide) groups is 1. The normalized spacial score (nSPS) is 16.0. The lowest BCUT2D eigenvalue weighted by Crippen LogP contribution is -2.24. The molecule has 5 nitrogen and oxygen atoms in total. The topological polar surface area (TPSA) is 85.1 Å². The molecule has 1 heterocycles. The lowest BCUT2D eigenvalue weighted by atomic mass is 9.89. The first-order valence-electron chi connectivity index (χ1n) is 6.76. The summed E-state index contributed by atoms with van der Waals surface area (Å²) in [5, 5.41) is 5.45. The molecule has 0 radical (unpaired) electrons.